The van der Waals surface area contributed by atoms with Crippen molar-refractivity contribution in [3.8, 4) is 5.75 Å². The van der Waals surface area contributed by atoms with Crippen LogP contribution >= 0.6 is 0 Å². The van der Waals surface area contributed by atoms with Gasteiger partial charge in [-0.2, -0.15) is 0 Å². The monoisotopic (exact) mass is 283 g/mol. The summed E-state index contributed by atoms with van der Waals surface area (Å²) in [5.74, 6) is 0.952. The first-order chi connectivity index (χ1) is 9.99. The van der Waals surface area contributed by atoms with Crippen molar-refractivity contribution in [2.75, 3.05) is 14.2 Å². The van der Waals surface area contributed by atoms with Gasteiger partial charge in [0.1, 0.15) is 5.75 Å². The van der Waals surface area contributed by atoms with E-state index in [1.807, 2.05) is 7.05 Å². The average molecular weight is 283 g/mol. The third kappa shape index (κ3) is 2.96. The molecule has 1 atom stereocenters. The summed E-state index contributed by atoms with van der Waals surface area (Å²) in [7, 11) is 3.75. The molecule has 0 saturated carbocycles. The molecule has 0 fully saturated rings. The average Bonchev–Trinajstić information content (AvgIpc) is 2.45. The predicted octanol–water partition coefficient (Wildman–Crippen LogP) is 4.24. The number of hydrogen-bond acceptors (Lipinski definition) is 2. The lowest BCUT2D eigenvalue weighted by Gasteiger charge is -2.24. The highest BCUT2D eigenvalue weighted by Gasteiger charge is 2.21. The van der Waals surface area contributed by atoms with Gasteiger partial charge in [0.15, 0.2) is 0 Å². The molecular formula is C19H25NO. The van der Waals surface area contributed by atoms with E-state index in [4.69, 9.17) is 4.74 Å². The molecule has 2 rings (SSSR count). The first kappa shape index (κ1) is 15.6. The van der Waals surface area contributed by atoms with Gasteiger partial charge in [-0.25, -0.2) is 0 Å². The third-order valence-corrected chi connectivity index (χ3v) is 4.25. The molecule has 112 valence electrons. The van der Waals surface area contributed by atoms with Crippen LogP contribution in [0.25, 0.3) is 0 Å². The van der Waals surface area contributed by atoms with Crippen molar-refractivity contribution in [3.05, 3.63) is 63.7 Å². The summed E-state index contributed by atoms with van der Waals surface area (Å²) < 4.78 is 5.64. The van der Waals surface area contributed by atoms with Crippen LogP contribution in [-0.2, 0) is 0 Å². The van der Waals surface area contributed by atoms with Crippen molar-refractivity contribution >= 4 is 0 Å². The predicted molar refractivity (Wildman–Crippen MR) is 89.3 cm³/mol. The zero-order chi connectivity index (χ0) is 15.6. The van der Waals surface area contributed by atoms with E-state index in [9.17, 15) is 0 Å². The Morgan fingerprint density at radius 1 is 1.00 bits per heavy atom. The van der Waals surface area contributed by atoms with E-state index in [2.05, 4.69) is 63.3 Å². The zero-order valence-corrected chi connectivity index (χ0v) is 13.9. The number of nitrogens with one attached hydrogen (secondary N) is 1. The summed E-state index contributed by atoms with van der Waals surface area (Å²) in [5, 5.41) is 3.46. The molecule has 0 aliphatic heterocycles. The highest BCUT2D eigenvalue weighted by molar-refractivity contribution is 5.50. The van der Waals surface area contributed by atoms with E-state index < -0.39 is 0 Å². The van der Waals surface area contributed by atoms with Crippen molar-refractivity contribution in [2.24, 2.45) is 0 Å². The van der Waals surface area contributed by atoms with Crippen LogP contribution in [0.4, 0.5) is 0 Å². The molecule has 1 unspecified atom stereocenters. The highest BCUT2D eigenvalue weighted by Crippen LogP contribution is 2.35. The molecule has 0 aromatic heterocycles. The maximum Gasteiger partial charge on any atom is 0.124 e. The fourth-order valence-electron chi connectivity index (χ4n) is 3.02. The lowest BCUT2D eigenvalue weighted by Crippen LogP contribution is -2.21. The molecular weight excluding hydrogens is 258 g/mol. The molecule has 0 saturated heterocycles. The number of rotatable bonds is 4. The van der Waals surface area contributed by atoms with Crippen LogP contribution in [0, 0.1) is 27.7 Å². The van der Waals surface area contributed by atoms with Gasteiger partial charge < -0.3 is 10.1 Å². The van der Waals surface area contributed by atoms with Crippen molar-refractivity contribution in [3.63, 3.8) is 0 Å². The van der Waals surface area contributed by atoms with Gasteiger partial charge in [0.05, 0.1) is 13.2 Å². The minimum absolute atomic E-state index is 0.139. The quantitative estimate of drug-likeness (QED) is 0.906. The molecule has 0 spiro atoms. The fraction of sp³-hybridized carbons (Fsp3) is 0.368. The van der Waals surface area contributed by atoms with Gasteiger partial charge in [-0.05, 0) is 68.6 Å². The van der Waals surface area contributed by atoms with Crippen molar-refractivity contribution in [1.29, 1.82) is 0 Å². The second-order valence-corrected chi connectivity index (χ2v) is 5.71. The topological polar surface area (TPSA) is 21.3 Å². The minimum Gasteiger partial charge on any atom is -0.496 e. The Bertz CT molecular complexity index is 646. The Morgan fingerprint density at radius 3 is 2.33 bits per heavy atom. The van der Waals surface area contributed by atoms with Gasteiger partial charge in [-0.1, -0.05) is 24.3 Å². The zero-order valence-electron chi connectivity index (χ0n) is 13.9. The molecule has 1 N–H and O–H groups in total. The maximum absolute atomic E-state index is 5.64. The summed E-state index contributed by atoms with van der Waals surface area (Å²) >= 11 is 0. The van der Waals surface area contributed by atoms with Crippen LogP contribution in [0.15, 0.2) is 30.3 Å². The van der Waals surface area contributed by atoms with E-state index in [-0.39, 0.29) is 6.04 Å². The first-order valence-electron chi connectivity index (χ1n) is 7.38. The molecule has 0 radical (unpaired) electrons. The van der Waals surface area contributed by atoms with Crippen LogP contribution in [-0.4, -0.2) is 14.2 Å². The van der Waals surface area contributed by atoms with E-state index in [1.165, 1.54) is 33.4 Å². The molecule has 0 heterocycles. The van der Waals surface area contributed by atoms with Gasteiger partial charge in [0, 0.05) is 5.56 Å². The molecule has 2 aromatic carbocycles. The van der Waals surface area contributed by atoms with E-state index in [0.717, 1.165) is 5.75 Å². The molecule has 2 nitrogen and oxygen atoms in total. The minimum atomic E-state index is 0.139. The largest absolute Gasteiger partial charge is 0.496 e. The molecule has 2 heteroatoms. The molecule has 0 amide bonds. The van der Waals surface area contributed by atoms with Gasteiger partial charge in [-0.3, -0.25) is 0 Å². The Hall–Kier alpha value is -1.80. The van der Waals surface area contributed by atoms with Gasteiger partial charge >= 0.3 is 0 Å². The van der Waals surface area contributed by atoms with Gasteiger partial charge in [-0.15, -0.1) is 0 Å². The standard InChI is InChI=1S/C19H25NO/c1-12-10-14(3)18(17(11-12)21-6)19(20-5)16-9-7-8-13(2)15(16)4/h7-11,19-20H,1-6H3. The van der Waals surface area contributed by atoms with Crippen LogP contribution < -0.4 is 10.1 Å². The van der Waals surface area contributed by atoms with Crippen LogP contribution in [0.2, 0.25) is 0 Å². The maximum atomic E-state index is 5.64. The summed E-state index contributed by atoms with van der Waals surface area (Å²) in [4.78, 5) is 0. The smallest absolute Gasteiger partial charge is 0.124 e. The molecule has 0 aliphatic carbocycles. The van der Waals surface area contributed by atoms with Crippen molar-refractivity contribution in [1.82, 2.24) is 5.32 Å². The third-order valence-electron chi connectivity index (χ3n) is 4.25. The van der Waals surface area contributed by atoms with Gasteiger partial charge in [0.25, 0.3) is 0 Å². The Kier molecular flexibility index (Phi) is 4.69. The highest BCUT2D eigenvalue weighted by atomic mass is 16.5. The lowest BCUT2D eigenvalue weighted by molar-refractivity contribution is 0.404. The molecule has 0 aliphatic rings. The summed E-state index contributed by atoms with van der Waals surface area (Å²) in [5.41, 5.74) is 7.66. The number of aryl methyl sites for hydroxylation is 3. The molecule has 0 bridgehead atoms. The summed E-state index contributed by atoms with van der Waals surface area (Å²) in [6, 6.07) is 10.9. The van der Waals surface area contributed by atoms with Crippen molar-refractivity contribution in [2.45, 2.75) is 33.7 Å². The summed E-state index contributed by atoms with van der Waals surface area (Å²) in [6.07, 6.45) is 0. The Morgan fingerprint density at radius 2 is 1.71 bits per heavy atom. The van der Waals surface area contributed by atoms with Gasteiger partial charge in [0.2, 0.25) is 0 Å². The van der Waals surface area contributed by atoms with Crippen LogP contribution in [0.5, 0.6) is 5.75 Å². The Balaban J connectivity index is 2.64. The second kappa shape index (κ2) is 6.31. The lowest BCUT2D eigenvalue weighted by atomic mass is 9.89. The van der Waals surface area contributed by atoms with E-state index in [0.29, 0.717) is 0 Å². The normalized spacial score (nSPS) is 12.3. The number of benzene rings is 2. The number of methoxy groups -OCH3 is 1. The summed E-state index contributed by atoms with van der Waals surface area (Å²) in [6.45, 7) is 8.60. The first-order valence-corrected chi connectivity index (χ1v) is 7.38. The van der Waals surface area contributed by atoms with Crippen LogP contribution in [0.1, 0.15) is 39.4 Å². The van der Waals surface area contributed by atoms with E-state index >= 15 is 0 Å². The number of ether oxygens (including phenoxy) is 1. The van der Waals surface area contributed by atoms with Crippen molar-refractivity contribution < 1.29 is 4.74 Å². The van der Waals surface area contributed by atoms with E-state index in [1.54, 1.807) is 7.11 Å². The molecule has 21 heavy (non-hydrogen) atoms. The Labute approximate surface area is 128 Å². The second-order valence-electron chi connectivity index (χ2n) is 5.71. The fourth-order valence-corrected chi connectivity index (χ4v) is 3.02. The number of hydrogen-bond donors (Lipinski definition) is 1. The van der Waals surface area contributed by atoms with Crippen LogP contribution in [0.3, 0.4) is 0 Å². The molecule has 2 aromatic rings. The SMILES string of the molecule is CNC(c1cccc(C)c1C)c1c(C)cc(C)cc1OC.